The topological polar surface area (TPSA) is 153 Å². The average Bonchev–Trinajstić information content (AvgIpc) is 3.30. The van der Waals surface area contributed by atoms with Crippen molar-refractivity contribution in [1.29, 1.82) is 0 Å². The molecule has 8 N–H and O–H groups in total. The van der Waals surface area contributed by atoms with E-state index in [0.717, 1.165) is 65.7 Å². The molecule has 0 amide bonds. The first-order valence-electron chi connectivity index (χ1n) is 12.5. The van der Waals surface area contributed by atoms with Crippen molar-refractivity contribution in [3.63, 3.8) is 0 Å². The van der Waals surface area contributed by atoms with Gasteiger partial charge in [-0.05, 0) is 80.2 Å². The zero-order chi connectivity index (χ0) is 27.1. The van der Waals surface area contributed by atoms with Gasteiger partial charge in [0.15, 0.2) is 5.96 Å². The molecular formula is C27H32Cl2N8O. The van der Waals surface area contributed by atoms with Gasteiger partial charge in [-0.25, -0.2) is 4.79 Å². The number of H-pyrrole nitrogens is 1. The van der Waals surface area contributed by atoms with Crippen molar-refractivity contribution in [3.05, 3.63) is 80.3 Å². The van der Waals surface area contributed by atoms with E-state index < -0.39 is 0 Å². The zero-order valence-corrected chi connectivity index (χ0v) is 22.5. The summed E-state index contributed by atoms with van der Waals surface area (Å²) >= 11 is 13.0. The Bertz CT molecular complexity index is 1470. The Kier molecular flexibility index (Phi) is 9.41. The standard InChI is InChI=1S/C27H32Cl2N8O/c28-22-13-18(4-1-2-9-30)12-21(24(22)29)23-14-19-16-37(27(38)36-25(19)35-23)20-7-5-17(6-8-20)15-33-10-3-11-34-26(31)32/h5-8,12-14,16,33H,1-4,9-11,15,30H2,(H4,31,32,34)(H,35,36,38). The maximum Gasteiger partial charge on any atom is 0.354 e. The predicted molar refractivity (Wildman–Crippen MR) is 156 cm³/mol. The van der Waals surface area contributed by atoms with Crippen molar-refractivity contribution in [2.45, 2.75) is 32.2 Å². The number of hydrogen-bond donors (Lipinski definition) is 5. The van der Waals surface area contributed by atoms with Gasteiger partial charge in [0.2, 0.25) is 0 Å². The van der Waals surface area contributed by atoms with E-state index in [4.69, 9.17) is 40.4 Å². The van der Waals surface area contributed by atoms with E-state index in [1.54, 1.807) is 6.20 Å². The number of fused-ring (bicyclic) bond motifs is 1. The number of nitrogens with zero attached hydrogens (tertiary/aromatic N) is 3. The number of rotatable bonds is 12. The van der Waals surface area contributed by atoms with Gasteiger partial charge in [0, 0.05) is 35.9 Å². The van der Waals surface area contributed by atoms with Gasteiger partial charge < -0.3 is 27.5 Å². The summed E-state index contributed by atoms with van der Waals surface area (Å²) < 4.78 is 1.53. The van der Waals surface area contributed by atoms with Crippen molar-refractivity contribution < 1.29 is 0 Å². The van der Waals surface area contributed by atoms with Crippen molar-refractivity contribution in [2.24, 2.45) is 22.2 Å². The van der Waals surface area contributed by atoms with Crippen LogP contribution in [0.25, 0.3) is 28.0 Å². The van der Waals surface area contributed by atoms with E-state index in [0.29, 0.717) is 35.3 Å². The Hall–Kier alpha value is -3.37. The molecule has 200 valence electrons. The highest BCUT2D eigenvalue weighted by atomic mass is 35.5. The van der Waals surface area contributed by atoms with Gasteiger partial charge in [-0.3, -0.25) is 9.56 Å². The Labute approximate surface area is 231 Å². The lowest BCUT2D eigenvalue weighted by Gasteiger charge is -2.08. The summed E-state index contributed by atoms with van der Waals surface area (Å²) in [4.78, 5) is 24.3. The summed E-state index contributed by atoms with van der Waals surface area (Å²) in [6, 6.07) is 13.6. The van der Waals surface area contributed by atoms with Gasteiger partial charge in [0.05, 0.1) is 15.7 Å². The number of aromatic amines is 1. The van der Waals surface area contributed by atoms with Crippen LogP contribution in [0, 0.1) is 0 Å². The van der Waals surface area contributed by atoms with Crippen molar-refractivity contribution in [3.8, 4) is 16.9 Å². The normalized spacial score (nSPS) is 11.2. The fraction of sp³-hybridized carbons (Fsp3) is 0.296. The molecule has 0 radical (unpaired) electrons. The molecule has 2 aromatic carbocycles. The number of aryl methyl sites for hydroxylation is 1. The van der Waals surface area contributed by atoms with Crippen LogP contribution in [0.5, 0.6) is 0 Å². The maximum atomic E-state index is 12.8. The van der Waals surface area contributed by atoms with Crippen molar-refractivity contribution in [2.75, 3.05) is 19.6 Å². The number of unbranched alkanes of at least 4 members (excludes halogenated alkanes) is 1. The molecule has 9 nitrogen and oxygen atoms in total. The van der Waals surface area contributed by atoms with E-state index in [2.05, 4.69) is 20.3 Å². The molecule has 4 rings (SSSR count). The second-order valence-corrected chi connectivity index (χ2v) is 9.85. The molecule has 0 unspecified atom stereocenters. The Morgan fingerprint density at radius 2 is 1.84 bits per heavy atom. The molecule has 2 heterocycles. The van der Waals surface area contributed by atoms with Crippen LogP contribution in [-0.4, -0.2) is 40.1 Å². The molecule has 38 heavy (non-hydrogen) atoms. The molecule has 0 bridgehead atoms. The Morgan fingerprint density at radius 1 is 1.05 bits per heavy atom. The number of aromatic nitrogens is 3. The van der Waals surface area contributed by atoms with Crippen LogP contribution in [0.4, 0.5) is 0 Å². The fourth-order valence-electron chi connectivity index (χ4n) is 4.20. The highest BCUT2D eigenvalue weighted by Gasteiger charge is 2.14. The summed E-state index contributed by atoms with van der Waals surface area (Å²) in [5, 5.41) is 5.08. The minimum absolute atomic E-state index is 0.107. The van der Waals surface area contributed by atoms with Gasteiger partial charge in [0.25, 0.3) is 0 Å². The lowest BCUT2D eigenvalue weighted by molar-refractivity contribution is 0.655. The number of nitrogens with one attached hydrogen (secondary N) is 2. The van der Waals surface area contributed by atoms with Crippen molar-refractivity contribution >= 4 is 40.2 Å². The van der Waals surface area contributed by atoms with Crippen LogP contribution in [0.15, 0.2) is 58.4 Å². The predicted octanol–water partition coefficient (Wildman–Crippen LogP) is 3.72. The second-order valence-electron chi connectivity index (χ2n) is 9.07. The number of guanidine groups is 1. The smallest absolute Gasteiger partial charge is 0.354 e. The Balaban J connectivity index is 1.51. The van der Waals surface area contributed by atoms with Gasteiger partial charge >= 0.3 is 5.69 Å². The number of hydrogen-bond acceptors (Lipinski definition) is 5. The SMILES string of the molecule is NCCCCc1cc(Cl)c(Cl)c(-c2cc3cn(-c4ccc(CNCCCN=C(N)N)cc4)c(=O)nc3[nH]2)c1. The first-order chi connectivity index (χ1) is 18.4. The molecule has 4 aromatic rings. The van der Waals surface area contributed by atoms with E-state index in [-0.39, 0.29) is 11.6 Å². The number of halogens is 2. The molecule has 0 aliphatic heterocycles. The second kappa shape index (κ2) is 12.9. The summed E-state index contributed by atoms with van der Waals surface area (Å²) in [5.74, 6) is 0.107. The van der Waals surface area contributed by atoms with Crippen LogP contribution in [-0.2, 0) is 13.0 Å². The first kappa shape index (κ1) is 27.7. The van der Waals surface area contributed by atoms with Crippen molar-refractivity contribution in [1.82, 2.24) is 19.9 Å². The van der Waals surface area contributed by atoms with Crippen LogP contribution in [0.1, 0.15) is 30.4 Å². The van der Waals surface area contributed by atoms with Gasteiger partial charge in [-0.2, -0.15) is 4.98 Å². The highest BCUT2D eigenvalue weighted by Crippen LogP contribution is 2.36. The summed E-state index contributed by atoms with van der Waals surface area (Å²) in [5.41, 5.74) is 20.8. The van der Waals surface area contributed by atoms with Gasteiger partial charge in [-0.15, -0.1) is 0 Å². The quantitative estimate of drug-likeness (QED) is 0.102. The summed E-state index contributed by atoms with van der Waals surface area (Å²) in [7, 11) is 0. The highest BCUT2D eigenvalue weighted by molar-refractivity contribution is 6.43. The molecule has 0 saturated heterocycles. The number of aliphatic imine (C=N–C) groups is 1. The monoisotopic (exact) mass is 554 g/mol. The van der Waals surface area contributed by atoms with Gasteiger partial charge in [0.1, 0.15) is 5.65 Å². The van der Waals surface area contributed by atoms with E-state index in [9.17, 15) is 4.79 Å². The van der Waals surface area contributed by atoms with Gasteiger partial charge in [-0.1, -0.05) is 35.3 Å². The fourth-order valence-corrected chi connectivity index (χ4v) is 4.66. The molecule has 0 fully saturated rings. The third-order valence-electron chi connectivity index (χ3n) is 6.16. The lowest BCUT2D eigenvalue weighted by Crippen LogP contribution is -2.23. The summed E-state index contributed by atoms with van der Waals surface area (Å²) in [6.07, 6.45) is 5.38. The molecule has 0 atom stereocenters. The van der Waals surface area contributed by atoms with E-state index >= 15 is 0 Å². The lowest BCUT2D eigenvalue weighted by atomic mass is 10.0. The molecule has 0 aliphatic carbocycles. The molecule has 0 spiro atoms. The van der Waals surface area contributed by atoms with E-state index in [1.165, 1.54) is 4.57 Å². The zero-order valence-electron chi connectivity index (χ0n) is 21.0. The molecule has 0 saturated carbocycles. The third kappa shape index (κ3) is 6.93. The third-order valence-corrected chi connectivity index (χ3v) is 6.96. The van der Waals surface area contributed by atoms with Crippen LogP contribution in [0.3, 0.4) is 0 Å². The maximum absolute atomic E-state index is 12.8. The molecule has 11 heteroatoms. The van der Waals surface area contributed by atoms with E-state index in [1.807, 2.05) is 42.5 Å². The average molecular weight is 556 g/mol. The first-order valence-corrected chi connectivity index (χ1v) is 13.3. The van der Waals surface area contributed by atoms with Crippen LogP contribution in [0.2, 0.25) is 10.0 Å². The van der Waals surface area contributed by atoms with Crippen LogP contribution >= 0.6 is 23.2 Å². The number of nitrogens with two attached hydrogens (primary N) is 3. The largest absolute Gasteiger partial charge is 0.370 e. The van der Waals surface area contributed by atoms with Crippen LogP contribution < -0.4 is 28.2 Å². The molecule has 0 aliphatic rings. The molecular weight excluding hydrogens is 523 g/mol. The summed E-state index contributed by atoms with van der Waals surface area (Å²) in [6.45, 7) is 2.73. The Morgan fingerprint density at radius 3 is 2.58 bits per heavy atom. The minimum atomic E-state index is -0.379. The minimum Gasteiger partial charge on any atom is -0.370 e. The number of benzene rings is 2. The molecule has 2 aromatic heterocycles.